The van der Waals surface area contributed by atoms with Gasteiger partial charge in [0, 0.05) is 17.4 Å². The topological polar surface area (TPSA) is 42.2 Å². The second kappa shape index (κ2) is 5.20. The van der Waals surface area contributed by atoms with Crippen LogP contribution in [0.4, 0.5) is 10.1 Å². The molecule has 20 heavy (non-hydrogen) atoms. The number of rotatable bonds is 3. The standard InChI is InChI=1S/C14H12BrFN4/c1-9-11(16)3-2-4-12(9)17-5-10-6-19-14-7-18-13(15)8-20(10)14/h2-4,6-8,17H,5H2,1H3. The average molecular weight is 335 g/mol. The summed E-state index contributed by atoms with van der Waals surface area (Å²) in [7, 11) is 0. The normalized spacial score (nSPS) is 10.9. The van der Waals surface area contributed by atoms with E-state index in [0.717, 1.165) is 21.6 Å². The number of aromatic nitrogens is 3. The molecule has 4 nitrogen and oxygen atoms in total. The summed E-state index contributed by atoms with van der Waals surface area (Å²) in [6.45, 7) is 2.31. The summed E-state index contributed by atoms with van der Waals surface area (Å²) in [4.78, 5) is 8.41. The van der Waals surface area contributed by atoms with Crippen LogP contribution in [0.15, 0.2) is 41.4 Å². The van der Waals surface area contributed by atoms with Crippen molar-refractivity contribution in [1.82, 2.24) is 14.4 Å². The number of hydrogen-bond donors (Lipinski definition) is 1. The van der Waals surface area contributed by atoms with E-state index in [1.807, 2.05) is 16.7 Å². The Bertz CT molecular complexity index is 769. The number of fused-ring (bicyclic) bond motifs is 1. The molecule has 0 aliphatic rings. The van der Waals surface area contributed by atoms with E-state index in [2.05, 4.69) is 31.2 Å². The molecule has 6 heteroatoms. The van der Waals surface area contributed by atoms with Crippen molar-refractivity contribution in [1.29, 1.82) is 0 Å². The van der Waals surface area contributed by atoms with Crippen molar-refractivity contribution >= 4 is 27.3 Å². The molecule has 1 N–H and O–H groups in total. The lowest BCUT2D eigenvalue weighted by molar-refractivity contribution is 0.619. The Hall–Kier alpha value is -1.95. The third kappa shape index (κ3) is 2.38. The van der Waals surface area contributed by atoms with Crippen LogP contribution in [-0.2, 0) is 6.54 Å². The highest BCUT2D eigenvalue weighted by Crippen LogP contribution is 2.19. The summed E-state index contributed by atoms with van der Waals surface area (Å²) < 4.78 is 16.2. The van der Waals surface area contributed by atoms with Crippen molar-refractivity contribution in [2.75, 3.05) is 5.32 Å². The monoisotopic (exact) mass is 334 g/mol. The Kier molecular flexibility index (Phi) is 3.40. The summed E-state index contributed by atoms with van der Waals surface area (Å²) in [5.41, 5.74) is 3.16. The van der Waals surface area contributed by atoms with Crippen LogP contribution in [0.25, 0.3) is 5.65 Å². The van der Waals surface area contributed by atoms with Crippen molar-refractivity contribution in [3.8, 4) is 0 Å². The molecule has 3 rings (SSSR count). The zero-order valence-corrected chi connectivity index (χ0v) is 12.4. The van der Waals surface area contributed by atoms with E-state index in [1.165, 1.54) is 6.07 Å². The highest BCUT2D eigenvalue weighted by atomic mass is 79.9. The molecule has 0 saturated heterocycles. The Balaban J connectivity index is 1.87. The van der Waals surface area contributed by atoms with Gasteiger partial charge in [0.2, 0.25) is 0 Å². The number of benzene rings is 1. The maximum Gasteiger partial charge on any atom is 0.155 e. The molecule has 0 spiro atoms. The van der Waals surface area contributed by atoms with E-state index < -0.39 is 0 Å². The summed E-state index contributed by atoms with van der Waals surface area (Å²) in [6, 6.07) is 5.01. The van der Waals surface area contributed by atoms with Gasteiger partial charge in [-0.1, -0.05) is 6.07 Å². The predicted molar refractivity (Wildman–Crippen MR) is 79.2 cm³/mol. The molecule has 0 atom stereocenters. The van der Waals surface area contributed by atoms with Crippen LogP contribution >= 0.6 is 15.9 Å². The summed E-state index contributed by atoms with van der Waals surface area (Å²) in [6.07, 6.45) is 5.34. The lowest BCUT2D eigenvalue weighted by Gasteiger charge is -2.09. The molecule has 0 bridgehead atoms. The van der Waals surface area contributed by atoms with Gasteiger partial charge < -0.3 is 5.32 Å². The molecule has 102 valence electrons. The fourth-order valence-electron chi connectivity index (χ4n) is 2.03. The van der Waals surface area contributed by atoms with Crippen molar-refractivity contribution < 1.29 is 4.39 Å². The zero-order valence-electron chi connectivity index (χ0n) is 10.8. The summed E-state index contributed by atoms with van der Waals surface area (Å²) in [5, 5.41) is 3.23. The van der Waals surface area contributed by atoms with Crippen molar-refractivity contribution in [2.24, 2.45) is 0 Å². The zero-order chi connectivity index (χ0) is 14.1. The van der Waals surface area contributed by atoms with Crippen LogP contribution in [0.1, 0.15) is 11.3 Å². The first-order valence-electron chi connectivity index (χ1n) is 6.11. The van der Waals surface area contributed by atoms with Gasteiger partial charge in [-0.05, 0) is 35.0 Å². The molecular formula is C14H12BrFN4. The first kappa shape index (κ1) is 13.1. The minimum Gasteiger partial charge on any atom is -0.379 e. The minimum atomic E-state index is -0.208. The number of anilines is 1. The summed E-state index contributed by atoms with van der Waals surface area (Å²) >= 11 is 3.34. The Morgan fingerprint density at radius 2 is 2.15 bits per heavy atom. The summed E-state index contributed by atoms with van der Waals surface area (Å²) in [5.74, 6) is -0.208. The number of nitrogens with one attached hydrogen (secondary N) is 1. The van der Waals surface area contributed by atoms with Crippen LogP contribution < -0.4 is 5.32 Å². The predicted octanol–water partition coefficient (Wildman–Crippen LogP) is 3.55. The minimum absolute atomic E-state index is 0.208. The molecular weight excluding hydrogens is 323 g/mol. The second-order valence-electron chi connectivity index (χ2n) is 4.45. The van der Waals surface area contributed by atoms with E-state index in [4.69, 9.17) is 0 Å². The van der Waals surface area contributed by atoms with Crippen molar-refractivity contribution in [3.05, 3.63) is 58.5 Å². The molecule has 0 aliphatic carbocycles. The van der Waals surface area contributed by atoms with Gasteiger partial charge in [0.05, 0.1) is 24.6 Å². The maximum absolute atomic E-state index is 13.5. The molecule has 2 aromatic heterocycles. The van der Waals surface area contributed by atoms with Gasteiger partial charge in [0.1, 0.15) is 10.4 Å². The number of halogens is 2. The molecule has 0 radical (unpaired) electrons. The van der Waals surface area contributed by atoms with Gasteiger partial charge in [-0.15, -0.1) is 0 Å². The highest BCUT2D eigenvalue weighted by molar-refractivity contribution is 9.10. The van der Waals surface area contributed by atoms with Gasteiger partial charge in [-0.3, -0.25) is 4.40 Å². The fraction of sp³-hybridized carbons (Fsp3) is 0.143. The number of nitrogens with zero attached hydrogens (tertiary/aromatic N) is 3. The molecule has 0 amide bonds. The van der Waals surface area contributed by atoms with E-state index in [0.29, 0.717) is 12.1 Å². The SMILES string of the molecule is Cc1c(F)cccc1NCc1cnc2cnc(Br)cn12. The van der Waals surface area contributed by atoms with E-state index >= 15 is 0 Å². The molecule has 3 aromatic rings. The van der Waals surface area contributed by atoms with Crippen LogP contribution in [0.5, 0.6) is 0 Å². The van der Waals surface area contributed by atoms with Crippen LogP contribution in [0.3, 0.4) is 0 Å². The van der Waals surface area contributed by atoms with Gasteiger partial charge in [0.15, 0.2) is 5.65 Å². The maximum atomic E-state index is 13.5. The first-order valence-corrected chi connectivity index (χ1v) is 6.91. The number of hydrogen-bond acceptors (Lipinski definition) is 3. The van der Waals surface area contributed by atoms with E-state index in [9.17, 15) is 4.39 Å². The lowest BCUT2D eigenvalue weighted by Crippen LogP contribution is -2.04. The Morgan fingerprint density at radius 1 is 1.30 bits per heavy atom. The van der Waals surface area contributed by atoms with E-state index in [1.54, 1.807) is 25.4 Å². The quantitative estimate of drug-likeness (QED) is 0.796. The smallest absolute Gasteiger partial charge is 0.155 e. The number of imidazole rings is 1. The van der Waals surface area contributed by atoms with Gasteiger partial charge in [-0.2, -0.15) is 0 Å². The van der Waals surface area contributed by atoms with Crippen LogP contribution in [0.2, 0.25) is 0 Å². The first-order chi connectivity index (χ1) is 9.65. The van der Waals surface area contributed by atoms with Crippen LogP contribution in [-0.4, -0.2) is 14.4 Å². The third-order valence-corrected chi connectivity index (χ3v) is 3.58. The lowest BCUT2D eigenvalue weighted by atomic mass is 10.2. The van der Waals surface area contributed by atoms with Gasteiger partial charge in [0.25, 0.3) is 0 Å². The Morgan fingerprint density at radius 3 is 3.00 bits per heavy atom. The Labute approximate surface area is 123 Å². The molecule has 1 aromatic carbocycles. The third-order valence-electron chi connectivity index (χ3n) is 3.17. The molecule has 0 fully saturated rings. The molecule has 0 unspecified atom stereocenters. The largest absolute Gasteiger partial charge is 0.379 e. The van der Waals surface area contributed by atoms with E-state index in [-0.39, 0.29) is 5.82 Å². The molecule has 0 aliphatic heterocycles. The van der Waals surface area contributed by atoms with Crippen molar-refractivity contribution in [3.63, 3.8) is 0 Å². The van der Waals surface area contributed by atoms with Gasteiger partial charge in [-0.25, -0.2) is 14.4 Å². The molecule has 2 heterocycles. The second-order valence-corrected chi connectivity index (χ2v) is 5.27. The highest BCUT2D eigenvalue weighted by Gasteiger charge is 2.06. The van der Waals surface area contributed by atoms with Crippen molar-refractivity contribution in [2.45, 2.75) is 13.5 Å². The van der Waals surface area contributed by atoms with Gasteiger partial charge >= 0.3 is 0 Å². The molecule has 0 saturated carbocycles. The van der Waals surface area contributed by atoms with Crippen LogP contribution in [0, 0.1) is 12.7 Å². The average Bonchev–Trinajstić information content (AvgIpc) is 2.83. The fourth-order valence-corrected chi connectivity index (χ4v) is 2.34.